The van der Waals surface area contributed by atoms with Gasteiger partial charge in [0.15, 0.2) is 5.76 Å². The highest BCUT2D eigenvalue weighted by Gasteiger charge is 2.12. The number of benzene rings is 1. The molecule has 1 unspecified atom stereocenters. The maximum atomic E-state index is 6.06. The number of rotatable bonds is 2. The highest BCUT2D eigenvalue weighted by molar-refractivity contribution is 6.36. The number of halogens is 2. The third-order valence-electron chi connectivity index (χ3n) is 2.18. The second-order valence-electron chi connectivity index (χ2n) is 3.53. The Kier molecular flexibility index (Phi) is 3.19. The summed E-state index contributed by atoms with van der Waals surface area (Å²) in [6.45, 7) is 1.83. The van der Waals surface area contributed by atoms with E-state index in [0.29, 0.717) is 21.5 Å². The molecular weight excluding hydrogens is 247 g/mol. The first-order valence-electron chi connectivity index (χ1n) is 4.75. The van der Waals surface area contributed by atoms with Gasteiger partial charge in [0, 0.05) is 16.7 Å². The third kappa shape index (κ3) is 2.21. The zero-order valence-electron chi connectivity index (χ0n) is 8.58. The van der Waals surface area contributed by atoms with Crippen molar-refractivity contribution in [3.63, 3.8) is 0 Å². The topological polar surface area (TPSA) is 52.0 Å². The average molecular weight is 257 g/mol. The lowest BCUT2D eigenvalue weighted by atomic mass is 10.1. The molecule has 0 bridgehead atoms. The lowest BCUT2D eigenvalue weighted by Gasteiger charge is -1.99. The van der Waals surface area contributed by atoms with Crippen LogP contribution in [0, 0.1) is 0 Å². The molecule has 0 saturated carbocycles. The highest BCUT2D eigenvalue weighted by Crippen LogP contribution is 2.30. The minimum absolute atomic E-state index is 0.188. The number of hydrogen-bond acceptors (Lipinski definition) is 3. The molecule has 1 aromatic heterocycles. The number of nitrogens with zero attached hydrogens (tertiary/aromatic N) is 1. The van der Waals surface area contributed by atoms with Crippen molar-refractivity contribution in [2.75, 3.05) is 0 Å². The molecule has 0 aliphatic carbocycles. The van der Waals surface area contributed by atoms with Crippen LogP contribution in [-0.4, -0.2) is 5.16 Å². The Labute approximate surface area is 103 Å². The SMILES string of the molecule is CC(N)c1cc(-c2ccc(Cl)cc2Cl)no1. The molecule has 2 aromatic rings. The van der Waals surface area contributed by atoms with Crippen LogP contribution < -0.4 is 5.73 Å². The molecule has 0 aliphatic rings. The first kappa shape index (κ1) is 11.5. The van der Waals surface area contributed by atoms with Gasteiger partial charge >= 0.3 is 0 Å². The standard InChI is InChI=1S/C11H10Cl2N2O/c1-6(14)11-5-10(15-16-11)8-3-2-7(12)4-9(8)13/h2-6H,14H2,1H3. The lowest BCUT2D eigenvalue weighted by molar-refractivity contribution is 0.369. The molecule has 0 aliphatic heterocycles. The molecule has 1 aromatic carbocycles. The molecule has 1 heterocycles. The first-order valence-corrected chi connectivity index (χ1v) is 5.51. The fourth-order valence-corrected chi connectivity index (χ4v) is 1.83. The van der Waals surface area contributed by atoms with E-state index < -0.39 is 0 Å². The summed E-state index contributed by atoms with van der Waals surface area (Å²) in [7, 11) is 0. The average Bonchev–Trinajstić information content (AvgIpc) is 2.66. The Hall–Kier alpha value is -1.03. The molecule has 5 heteroatoms. The van der Waals surface area contributed by atoms with E-state index in [4.69, 9.17) is 33.5 Å². The Morgan fingerprint density at radius 1 is 1.31 bits per heavy atom. The van der Waals surface area contributed by atoms with Crippen LogP contribution in [0.3, 0.4) is 0 Å². The van der Waals surface area contributed by atoms with Crippen molar-refractivity contribution in [1.82, 2.24) is 5.16 Å². The minimum atomic E-state index is -0.188. The summed E-state index contributed by atoms with van der Waals surface area (Å²) in [4.78, 5) is 0. The van der Waals surface area contributed by atoms with Gasteiger partial charge < -0.3 is 10.3 Å². The minimum Gasteiger partial charge on any atom is -0.359 e. The monoisotopic (exact) mass is 256 g/mol. The second kappa shape index (κ2) is 4.45. The summed E-state index contributed by atoms with van der Waals surface area (Å²) in [6, 6.07) is 6.81. The summed E-state index contributed by atoms with van der Waals surface area (Å²) >= 11 is 11.9. The molecule has 3 nitrogen and oxygen atoms in total. The van der Waals surface area contributed by atoms with Gasteiger partial charge in [-0.3, -0.25) is 0 Å². The van der Waals surface area contributed by atoms with E-state index >= 15 is 0 Å². The van der Waals surface area contributed by atoms with Crippen LogP contribution in [0.15, 0.2) is 28.8 Å². The normalized spacial score (nSPS) is 12.8. The molecule has 0 radical (unpaired) electrons. The summed E-state index contributed by atoms with van der Waals surface area (Å²) in [6.07, 6.45) is 0. The van der Waals surface area contributed by atoms with E-state index in [1.165, 1.54) is 0 Å². The quantitative estimate of drug-likeness (QED) is 0.892. The first-order chi connectivity index (χ1) is 7.58. The van der Waals surface area contributed by atoms with E-state index in [-0.39, 0.29) is 6.04 Å². The van der Waals surface area contributed by atoms with Gasteiger partial charge in [-0.15, -0.1) is 0 Å². The summed E-state index contributed by atoms with van der Waals surface area (Å²) in [5, 5.41) is 5.04. The summed E-state index contributed by atoms with van der Waals surface area (Å²) < 4.78 is 5.10. The number of nitrogens with two attached hydrogens (primary N) is 1. The van der Waals surface area contributed by atoms with Crippen LogP contribution in [0.4, 0.5) is 0 Å². The van der Waals surface area contributed by atoms with Gasteiger partial charge in [-0.2, -0.15) is 0 Å². The number of aromatic nitrogens is 1. The number of hydrogen-bond donors (Lipinski definition) is 1. The van der Waals surface area contributed by atoms with Crippen LogP contribution in [0.5, 0.6) is 0 Å². The van der Waals surface area contributed by atoms with Crippen LogP contribution in [0.25, 0.3) is 11.3 Å². The molecular formula is C11H10Cl2N2O. The predicted octanol–water partition coefficient (Wildman–Crippen LogP) is 3.67. The Morgan fingerprint density at radius 2 is 2.06 bits per heavy atom. The molecule has 0 saturated heterocycles. The second-order valence-corrected chi connectivity index (χ2v) is 4.37. The smallest absolute Gasteiger partial charge is 0.153 e. The fourth-order valence-electron chi connectivity index (χ4n) is 1.33. The zero-order chi connectivity index (χ0) is 11.7. The molecule has 0 amide bonds. The summed E-state index contributed by atoms with van der Waals surface area (Å²) in [5.74, 6) is 0.626. The fraction of sp³-hybridized carbons (Fsp3) is 0.182. The molecule has 1 atom stereocenters. The van der Waals surface area contributed by atoms with Crippen molar-refractivity contribution < 1.29 is 4.52 Å². The maximum absolute atomic E-state index is 6.06. The Balaban J connectivity index is 2.42. The van der Waals surface area contributed by atoms with Gasteiger partial charge in [0.05, 0.1) is 11.1 Å². The molecule has 84 valence electrons. The van der Waals surface area contributed by atoms with E-state index in [2.05, 4.69) is 5.16 Å². The molecule has 0 spiro atoms. The van der Waals surface area contributed by atoms with Crippen LogP contribution in [0.1, 0.15) is 18.7 Å². The Morgan fingerprint density at radius 3 is 2.62 bits per heavy atom. The van der Waals surface area contributed by atoms with Crippen LogP contribution >= 0.6 is 23.2 Å². The summed E-state index contributed by atoms with van der Waals surface area (Å²) in [5.41, 5.74) is 7.12. The van der Waals surface area contributed by atoms with Crippen molar-refractivity contribution in [2.45, 2.75) is 13.0 Å². The predicted molar refractivity (Wildman–Crippen MR) is 64.6 cm³/mol. The molecule has 16 heavy (non-hydrogen) atoms. The largest absolute Gasteiger partial charge is 0.359 e. The van der Waals surface area contributed by atoms with Crippen LogP contribution in [0.2, 0.25) is 10.0 Å². The van der Waals surface area contributed by atoms with Gasteiger partial charge in [-0.1, -0.05) is 28.4 Å². The third-order valence-corrected chi connectivity index (χ3v) is 2.73. The molecule has 2 N–H and O–H groups in total. The highest BCUT2D eigenvalue weighted by atomic mass is 35.5. The van der Waals surface area contributed by atoms with E-state index in [0.717, 1.165) is 5.56 Å². The van der Waals surface area contributed by atoms with Crippen molar-refractivity contribution >= 4 is 23.2 Å². The van der Waals surface area contributed by atoms with Gasteiger partial charge in [0.25, 0.3) is 0 Å². The van der Waals surface area contributed by atoms with Crippen molar-refractivity contribution in [1.29, 1.82) is 0 Å². The van der Waals surface area contributed by atoms with Gasteiger partial charge in [-0.25, -0.2) is 0 Å². The van der Waals surface area contributed by atoms with E-state index in [9.17, 15) is 0 Å². The molecule has 2 rings (SSSR count). The van der Waals surface area contributed by atoms with Crippen molar-refractivity contribution in [2.24, 2.45) is 5.73 Å². The van der Waals surface area contributed by atoms with Gasteiger partial charge in [-0.05, 0) is 25.1 Å². The van der Waals surface area contributed by atoms with Gasteiger partial charge in [0.2, 0.25) is 0 Å². The zero-order valence-corrected chi connectivity index (χ0v) is 10.1. The van der Waals surface area contributed by atoms with Crippen molar-refractivity contribution in [3.05, 3.63) is 40.1 Å². The van der Waals surface area contributed by atoms with E-state index in [1.807, 2.05) is 6.92 Å². The molecule has 0 fully saturated rings. The Bertz CT molecular complexity index is 508. The maximum Gasteiger partial charge on any atom is 0.153 e. The van der Waals surface area contributed by atoms with Crippen LogP contribution in [-0.2, 0) is 0 Å². The van der Waals surface area contributed by atoms with E-state index in [1.54, 1.807) is 24.3 Å². The van der Waals surface area contributed by atoms with Crippen molar-refractivity contribution in [3.8, 4) is 11.3 Å². The lowest BCUT2D eigenvalue weighted by Crippen LogP contribution is -2.02. The van der Waals surface area contributed by atoms with Gasteiger partial charge in [0.1, 0.15) is 5.69 Å².